The fourth-order valence-corrected chi connectivity index (χ4v) is 3.82. The molecule has 27 heavy (non-hydrogen) atoms. The molecule has 0 spiro atoms. The topological polar surface area (TPSA) is 52.7 Å². The molecule has 3 rings (SSSR count). The molecule has 0 aliphatic carbocycles. The van der Waals surface area contributed by atoms with Crippen LogP contribution in [0, 0.1) is 3.57 Å². The van der Waals surface area contributed by atoms with Crippen LogP contribution in [0.4, 0.5) is 11.4 Å². The normalized spacial score (nSPS) is 14.1. The summed E-state index contributed by atoms with van der Waals surface area (Å²) in [5, 5.41) is 2.95. The van der Waals surface area contributed by atoms with Gasteiger partial charge in [0.2, 0.25) is 5.91 Å². The molecule has 142 valence electrons. The van der Waals surface area contributed by atoms with Crippen molar-refractivity contribution in [3.63, 3.8) is 0 Å². The Kier molecular flexibility index (Phi) is 6.71. The van der Waals surface area contributed by atoms with E-state index in [0.29, 0.717) is 12.0 Å². The van der Waals surface area contributed by atoms with Crippen LogP contribution < -0.4 is 10.2 Å². The second kappa shape index (κ2) is 9.21. The number of nitrogens with one attached hydrogen (secondary N) is 1. The molecular formula is C21H24IN3O2. The summed E-state index contributed by atoms with van der Waals surface area (Å²) in [6.45, 7) is 5.24. The van der Waals surface area contributed by atoms with Gasteiger partial charge in [0.15, 0.2) is 0 Å². The largest absolute Gasteiger partial charge is 0.368 e. The molecule has 1 heterocycles. The zero-order valence-electron chi connectivity index (χ0n) is 15.5. The number of hydrogen-bond acceptors (Lipinski definition) is 3. The number of rotatable bonds is 5. The first-order valence-electron chi connectivity index (χ1n) is 9.27. The molecule has 0 saturated carbocycles. The third-order valence-corrected chi connectivity index (χ3v) is 5.65. The quantitative estimate of drug-likeness (QED) is 0.663. The van der Waals surface area contributed by atoms with Gasteiger partial charge in [0.05, 0.1) is 5.56 Å². The molecule has 2 aromatic rings. The van der Waals surface area contributed by atoms with E-state index in [1.54, 1.807) is 0 Å². The van der Waals surface area contributed by atoms with Gasteiger partial charge in [-0.25, -0.2) is 0 Å². The highest BCUT2D eigenvalue weighted by Gasteiger charge is 2.20. The van der Waals surface area contributed by atoms with E-state index in [-0.39, 0.29) is 11.8 Å². The van der Waals surface area contributed by atoms with E-state index < -0.39 is 0 Å². The maximum absolute atomic E-state index is 12.4. The molecule has 5 nitrogen and oxygen atoms in total. The number of carbonyl (C=O) groups excluding carboxylic acids is 2. The number of anilines is 2. The minimum Gasteiger partial charge on any atom is -0.368 e. The SMILES string of the molecule is CCCC(=O)N1CCN(c2ccc(NC(=O)c3ccccc3I)cc2)CC1. The van der Waals surface area contributed by atoms with Gasteiger partial charge in [-0.1, -0.05) is 19.1 Å². The van der Waals surface area contributed by atoms with Crippen molar-refractivity contribution in [2.75, 3.05) is 36.4 Å². The lowest BCUT2D eigenvalue weighted by molar-refractivity contribution is -0.131. The fourth-order valence-electron chi connectivity index (χ4n) is 3.19. The Hall–Kier alpha value is -2.09. The van der Waals surface area contributed by atoms with Gasteiger partial charge in [0, 0.05) is 47.5 Å². The zero-order chi connectivity index (χ0) is 19.2. The summed E-state index contributed by atoms with van der Waals surface area (Å²) in [4.78, 5) is 28.6. The molecule has 1 aliphatic rings. The first kappa shape index (κ1) is 19.7. The molecule has 1 saturated heterocycles. The van der Waals surface area contributed by atoms with Crippen LogP contribution >= 0.6 is 22.6 Å². The minimum absolute atomic E-state index is 0.101. The highest BCUT2D eigenvalue weighted by atomic mass is 127. The molecule has 0 bridgehead atoms. The van der Waals surface area contributed by atoms with Crippen molar-refractivity contribution >= 4 is 45.8 Å². The Morgan fingerprint density at radius 1 is 1.00 bits per heavy atom. The van der Waals surface area contributed by atoms with Crippen molar-refractivity contribution in [3.8, 4) is 0 Å². The Balaban J connectivity index is 1.57. The number of carbonyl (C=O) groups is 2. The number of halogens is 1. The van der Waals surface area contributed by atoms with Crippen LogP contribution in [-0.2, 0) is 4.79 Å². The molecule has 6 heteroatoms. The van der Waals surface area contributed by atoms with Crippen molar-refractivity contribution in [3.05, 3.63) is 57.7 Å². The zero-order valence-corrected chi connectivity index (χ0v) is 17.6. The van der Waals surface area contributed by atoms with Crippen LogP contribution in [0.3, 0.4) is 0 Å². The van der Waals surface area contributed by atoms with Crippen molar-refractivity contribution in [1.82, 2.24) is 4.90 Å². The lowest BCUT2D eigenvalue weighted by atomic mass is 10.2. The molecule has 2 amide bonds. The number of amides is 2. The third kappa shape index (κ3) is 5.00. The smallest absolute Gasteiger partial charge is 0.256 e. The summed E-state index contributed by atoms with van der Waals surface area (Å²) >= 11 is 2.17. The summed E-state index contributed by atoms with van der Waals surface area (Å²) in [5.41, 5.74) is 2.57. The van der Waals surface area contributed by atoms with E-state index in [9.17, 15) is 9.59 Å². The maximum atomic E-state index is 12.4. The first-order chi connectivity index (χ1) is 13.1. The molecular weight excluding hydrogens is 453 g/mol. The standard InChI is InChI=1S/C21H24IN3O2/c1-2-5-20(26)25-14-12-24(13-15-25)17-10-8-16(9-11-17)23-21(27)18-6-3-4-7-19(18)22/h3-4,6-11H,2,5,12-15H2,1H3,(H,23,27). The van der Waals surface area contributed by atoms with Crippen LogP contribution in [0.5, 0.6) is 0 Å². The highest BCUT2D eigenvalue weighted by Crippen LogP contribution is 2.21. The Morgan fingerprint density at radius 3 is 2.30 bits per heavy atom. The fraction of sp³-hybridized carbons (Fsp3) is 0.333. The van der Waals surface area contributed by atoms with Crippen LogP contribution in [0.15, 0.2) is 48.5 Å². The highest BCUT2D eigenvalue weighted by molar-refractivity contribution is 14.1. The molecule has 1 N–H and O–H groups in total. The van der Waals surface area contributed by atoms with Crippen molar-refractivity contribution in [2.24, 2.45) is 0 Å². The lowest BCUT2D eigenvalue weighted by Gasteiger charge is -2.36. The monoisotopic (exact) mass is 477 g/mol. The predicted molar refractivity (Wildman–Crippen MR) is 117 cm³/mol. The number of benzene rings is 2. The Labute approximate surface area is 173 Å². The molecule has 0 atom stereocenters. The Bertz CT molecular complexity index is 799. The second-order valence-electron chi connectivity index (χ2n) is 6.60. The van der Waals surface area contributed by atoms with Gasteiger partial charge in [-0.15, -0.1) is 0 Å². The summed E-state index contributed by atoms with van der Waals surface area (Å²) in [5.74, 6) is 0.154. The van der Waals surface area contributed by atoms with Gasteiger partial charge in [0.1, 0.15) is 0 Å². The van der Waals surface area contributed by atoms with E-state index in [2.05, 4.69) is 32.8 Å². The van der Waals surface area contributed by atoms with E-state index in [1.165, 1.54) is 0 Å². The summed E-state index contributed by atoms with van der Waals surface area (Å²) in [6.07, 6.45) is 1.53. The average molecular weight is 477 g/mol. The van der Waals surface area contributed by atoms with Crippen molar-refractivity contribution in [1.29, 1.82) is 0 Å². The van der Waals surface area contributed by atoms with E-state index in [4.69, 9.17) is 0 Å². The van der Waals surface area contributed by atoms with E-state index >= 15 is 0 Å². The first-order valence-corrected chi connectivity index (χ1v) is 10.3. The lowest BCUT2D eigenvalue weighted by Crippen LogP contribution is -2.48. The van der Waals surface area contributed by atoms with Crippen LogP contribution in [0.25, 0.3) is 0 Å². The minimum atomic E-state index is -0.101. The molecule has 2 aromatic carbocycles. The average Bonchev–Trinajstić information content (AvgIpc) is 2.69. The predicted octanol–water partition coefficient (Wildman–Crippen LogP) is 3.99. The van der Waals surface area contributed by atoms with Crippen LogP contribution in [0.1, 0.15) is 30.1 Å². The van der Waals surface area contributed by atoms with E-state index in [0.717, 1.165) is 47.5 Å². The van der Waals surface area contributed by atoms with E-state index in [1.807, 2.05) is 60.4 Å². The molecule has 0 radical (unpaired) electrons. The molecule has 1 fully saturated rings. The number of nitrogens with zero attached hydrogens (tertiary/aromatic N) is 2. The summed E-state index contributed by atoms with van der Waals surface area (Å²) in [6, 6.07) is 15.4. The van der Waals surface area contributed by atoms with Crippen molar-refractivity contribution < 1.29 is 9.59 Å². The van der Waals surface area contributed by atoms with Gasteiger partial charge in [-0.05, 0) is 65.4 Å². The van der Waals surface area contributed by atoms with Crippen LogP contribution in [0.2, 0.25) is 0 Å². The number of hydrogen-bond donors (Lipinski definition) is 1. The Morgan fingerprint density at radius 2 is 1.67 bits per heavy atom. The van der Waals surface area contributed by atoms with Gasteiger partial charge in [-0.2, -0.15) is 0 Å². The summed E-state index contributed by atoms with van der Waals surface area (Å²) in [7, 11) is 0. The van der Waals surface area contributed by atoms with Crippen molar-refractivity contribution in [2.45, 2.75) is 19.8 Å². The molecule has 0 aromatic heterocycles. The maximum Gasteiger partial charge on any atom is 0.256 e. The molecule has 1 aliphatic heterocycles. The van der Waals surface area contributed by atoms with Gasteiger partial charge in [0.25, 0.3) is 5.91 Å². The summed E-state index contributed by atoms with van der Waals surface area (Å²) < 4.78 is 0.930. The van der Waals surface area contributed by atoms with Gasteiger partial charge < -0.3 is 15.1 Å². The second-order valence-corrected chi connectivity index (χ2v) is 7.76. The number of piperazine rings is 1. The van der Waals surface area contributed by atoms with Crippen LogP contribution in [-0.4, -0.2) is 42.9 Å². The van der Waals surface area contributed by atoms with Gasteiger partial charge >= 0.3 is 0 Å². The third-order valence-electron chi connectivity index (χ3n) is 4.71. The van der Waals surface area contributed by atoms with Gasteiger partial charge in [-0.3, -0.25) is 9.59 Å². The molecule has 0 unspecified atom stereocenters.